The van der Waals surface area contributed by atoms with Gasteiger partial charge in [-0.2, -0.15) is 4.31 Å². The van der Waals surface area contributed by atoms with Crippen LogP contribution in [0.2, 0.25) is 0 Å². The molecule has 170 valence electrons. The average Bonchev–Trinajstić information content (AvgIpc) is 2.81. The number of carbonyl (C=O) groups is 2. The second-order valence-electron chi connectivity index (χ2n) is 8.14. The maximum absolute atomic E-state index is 13.2. The van der Waals surface area contributed by atoms with Crippen molar-refractivity contribution < 1.29 is 18.0 Å². The minimum atomic E-state index is -3.89. The molecule has 0 spiro atoms. The van der Waals surface area contributed by atoms with E-state index in [1.807, 2.05) is 37.3 Å². The van der Waals surface area contributed by atoms with Crippen LogP contribution in [0.15, 0.2) is 59.5 Å². The third-order valence-electron chi connectivity index (χ3n) is 6.03. The van der Waals surface area contributed by atoms with Crippen LogP contribution in [-0.2, 0) is 19.6 Å². The number of nitrogens with one attached hydrogen (secondary N) is 1. The van der Waals surface area contributed by atoms with Crippen LogP contribution in [0.25, 0.3) is 0 Å². The van der Waals surface area contributed by atoms with Gasteiger partial charge in [0.15, 0.2) is 0 Å². The fourth-order valence-electron chi connectivity index (χ4n) is 4.17. The fourth-order valence-corrected chi connectivity index (χ4v) is 5.76. The van der Waals surface area contributed by atoms with E-state index in [0.29, 0.717) is 26.2 Å². The molecule has 2 aliphatic heterocycles. The quantitative estimate of drug-likeness (QED) is 0.731. The summed E-state index contributed by atoms with van der Waals surface area (Å²) in [5.41, 5.74) is 2.06. The Morgan fingerprint density at radius 3 is 2.28 bits per heavy atom. The minimum Gasteiger partial charge on any atom is -0.368 e. The van der Waals surface area contributed by atoms with Gasteiger partial charge >= 0.3 is 0 Å². The summed E-state index contributed by atoms with van der Waals surface area (Å²) in [6.45, 7) is 4.70. The topological polar surface area (TPSA) is 90.0 Å². The molecule has 0 aliphatic carbocycles. The zero-order chi connectivity index (χ0) is 22.7. The molecule has 1 unspecified atom stereocenters. The Labute approximate surface area is 188 Å². The Kier molecular flexibility index (Phi) is 6.48. The van der Waals surface area contributed by atoms with Crippen molar-refractivity contribution in [2.75, 3.05) is 44.2 Å². The molecular formula is C23H28N4O4S. The lowest BCUT2D eigenvalue weighted by atomic mass is 10.1. The predicted molar refractivity (Wildman–Crippen MR) is 122 cm³/mol. The molecule has 0 radical (unpaired) electrons. The smallest absolute Gasteiger partial charge is 0.243 e. The first kappa shape index (κ1) is 22.3. The summed E-state index contributed by atoms with van der Waals surface area (Å²) in [6, 6.07) is 15.5. The summed E-state index contributed by atoms with van der Waals surface area (Å²) in [4.78, 5) is 29.7. The van der Waals surface area contributed by atoms with Crippen molar-refractivity contribution in [3.63, 3.8) is 0 Å². The van der Waals surface area contributed by atoms with Crippen LogP contribution in [-0.4, -0.2) is 74.7 Å². The second-order valence-corrected chi connectivity index (χ2v) is 10.0. The van der Waals surface area contributed by atoms with Crippen LogP contribution >= 0.6 is 0 Å². The van der Waals surface area contributed by atoms with Crippen molar-refractivity contribution in [3.8, 4) is 0 Å². The summed E-state index contributed by atoms with van der Waals surface area (Å²) in [5.74, 6) is -0.632. The maximum Gasteiger partial charge on any atom is 0.243 e. The van der Waals surface area contributed by atoms with Gasteiger partial charge in [-0.05, 0) is 31.2 Å². The molecule has 0 saturated carbocycles. The first-order chi connectivity index (χ1) is 15.4. The molecule has 1 atom stereocenters. The van der Waals surface area contributed by atoms with E-state index in [9.17, 15) is 18.0 Å². The number of para-hydroxylation sites is 1. The molecule has 2 aromatic carbocycles. The molecule has 8 nitrogen and oxygen atoms in total. The Balaban J connectivity index is 1.45. The van der Waals surface area contributed by atoms with E-state index in [4.69, 9.17) is 0 Å². The Morgan fingerprint density at radius 2 is 1.62 bits per heavy atom. The summed E-state index contributed by atoms with van der Waals surface area (Å²) in [6.07, 6.45) is -0.164. The number of hydrogen-bond acceptors (Lipinski definition) is 5. The SMILES string of the molecule is Cc1ccc(S(=O)(=O)N2CCNC(=O)C2CC(=O)N2CCN(c3ccccc3)CC2)cc1. The standard InChI is InChI=1S/C23H28N4O4S/c1-18-7-9-20(10-8-18)32(30,31)27-12-11-24-23(29)21(27)17-22(28)26-15-13-25(14-16-26)19-5-3-2-4-6-19/h2-10,21H,11-17H2,1H3,(H,24,29). The van der Waals surface area contributed by atoms with Gasteiger partial charge in [-0.15, -0.1) is 0 Å². The second kappa shape index (κ2) is 9.30. The number of amides is 2. The lowest BCUT2D eigenvalue weighted by Gasteiger charge is -2.38. The van der Waals surface area contributed by atoms with Crippen molar-refractivity contribution >= 4 is 27.5 Å². The molecule has 2 heterocycles. The van der Waals surface area contributed by atoms with E-state index in [1.165, 1.54) is 4.31 Å². The van der Waals surface area contributed by atoms with E-state index in [-0.39, 0.29) is 30.3 Å². The third-order valence-corrected chi connectivity index (χ3v) is 7.95. The highest BCUT2D eigenvalue weighted by atomic mass is 32.2. The number of aryl methyl sites for hydroxylation is 1. The summed E-state index contributed by atoms with van der Waals surface area (Å²) >= 11 is 0. The van der Waals surface area contributed by atoms with Gasteiger partial charge in [-0.1, -0.05) is 35.9 Å². The van der Waals surface area contributed by atoms with Crippen molar-refractivity contribution in [1.82, 2.24) is 14.5 Å². The summed E-state index contributed by atoms with van der Waals surface area (Å²) < 4.78 is 27.6. The van der Waals surface area contributed by atoms with Gasteiger partial charge in [0, 0.05) is 45.0 Å². The van der Waals surface area contributed by atoms with E-state index >= 15 is 0 Å². The number of hydrogen-bond donors (Lipinski definition) is 1. The number of anilines is 1. The number of nitrogens with zero attached hydrogens (tertiary/aromatic N) is 3. The maximum atomic E-state index is 13.2. The highest BCUT2D eigenvalue weighted by Crippen LogP contribution is 2.23. The first-order valence-corrected chi connectivity index (χ1v) is 12.2. The summed E-state index contributed by atoms with van der Waals surface area (Å²) in [5, 5.41) is 2.71. The van der Waals surface area contributed by atoms with Gasteiger partial charge in [0.1, 0.15) is 6.04 Å². The lowest BCUT2D eigenvalue weighted by molar-refractivity contribution is -0.137. The van der Waals surface area contributed by atoms with E-state index in [2.05, 4.69) is 10.2 Å². The molecule has 4 rings (SSSR count). The van der Waals surface area contributed by atoms with Crippen LogP contribution in [0, 0.1) is 6.92 Å². The Bertz CT molecular complexity index is 1060. The van der Waals surface area contributed by atoms with Gasteiger partial charge in [0.05, 0.1) is 11.3 Å². The zero-order valence-electron chi connectivity index (χ0n) is 18.1. The van der Waals surface area contributed by atoms with Crippen molar-refractivity contribution in [2.24, 2.45) is 0 Å². The normalized spacial score (nSPS) is 20.2. The van der Waals surface area contributed by atoms with Crippen molar-refractivity contribution in [2.45, 2.75) is 24.3 Å². The van der Waals surface area contributed by atoms with Gasteiger partial charge in [0.2, 0.25) is 21.8 Å². The van der Waals surface area contributed by atoms with Crippen LogP contribution in [0.3, 0.4) is 0 Å². The van der Waals surface area contributed by atoms with Crippen molar-refractivity contribution in [3.05, 3.63) is 60.2 Å². The molecular weight excluding hydrogens is 428 g/mol. The van der Waals surface area contributed by atoms with Gasteiger partial charge in [0.25, 0.3) is 0 Å². The molecule has 32 heavy (non-hydrogen) atoms. The van der Waals surface area contributed by atoms with Crippen LogP contribution in [0.1, 0.15) is 12.0 Å². The average molecular weight is 457 g/mol. The molecule has 2 amide bonds. The van der Waals surface area contributed by atoms with Gasteiger partial charge in [-0.3, -0.25) is 9.59 Å². The molecule has 0 aromatic heterocycles. The van der Waals surface area contributed by atoms with E-state index in [1.54, 1.807) is 29.2 Å². The molecule has 2 aliphatic rings. The highest BCUT2D eigenvalue weighted by Gasteiger charge is 2.40. The van der Waals surface area contributed by atoms with Crippen LogP contribution < -0.4 is 10.2 Å². The highest BCUT2D eigenvalue weighted by molar-refractivity contribution is 7.89. The van der Waals surface area contributed by atoms with Crippen LogP contribution in [0.5, 0.6) is 0 Å². The Hall–Kier alpha value is -2.91. The number of benzene rings is 2. The largest absolute Gasteiger partial charge is 0.368 e. The minimum absolute atomic E-state index is 0.131. The number of sulfonamides is 1. The van der Waals surface area contributed by atoms with E-state index < -0.39 is 22.0 Å². The third kappa shape index (κ3) is 4.63. The van der Waals surface area contributed by atoms with Crippen LogP contribution in [0.4, 0.5) is 5.69 Å². The molecule has 9 heteroatoms. The molecule has 2 aromatic rings. The first-order valence-electron chi connectivity index (χ1n) is 10.8. The molecule has 0 bridgehead atoms. The number of carbonyl (C=O) groups excluding carboxylic acids is 2. The summed E-state index contributed by atoms with van der Waals surface area (Å²) in [7, 11) is -3.89. The number of rotatable bonds is 5. The van der Waals surface area contributed by atoms with Gasteiger partial charge in [-0.25, -0.2) is 8.42 Å². The molecule has 1 N–H and O–H groups in total. The zero-order valence-corrected chi connectivity index (χ0v) is 18.9. The Morgan fingerprint density at radius 1 is 0.969 bits per heavy atom. The monoisotopic (exact) mass is 456 g/mol. The van der Waals surface area contributed by atoms with Crippen molar-refractivity contribution in [1.29, 1.82) is 0 Å². The molecule has 2 saturated heterocycles. The van der Waals surface area contributed by atoms with E-state index in [0.717, 1.165) is 11.3 Å². The lowest BCUT2D eigenvalue weighted by Crippen LogP contribution is -2.59. The predicted octanol–water partition coefficient (Wildman–Crippen LogP) is 1.22. The molecule has 2 fully saturated rings. The number of piperazine rings is 2. The van der Waals surface area contributed by atoms with Gasteiger partial charge < -0.3 is 15.1 Å². The fraction of sp³-hybridized carbons (Fsp3) is 0.391.